The predicted octanol–water partition coefficient (Wildman–Crippen LogP) is 3.04. The number of carboxylic acid groups (broad SMARTS) is 1. The maximum absolute atomic E-state index is 12.1. The fourth-order valence-corrected chi connectivity index (χ4v) is 2.00. The van der Waals surface area contributed by atoms with Gasteiger partial charge in [0.15, 0.2) is 0 Å². The topological polar surface area (TPSA) is 69.6 Å². The van der Waals surface area contributed by atoms with Gasteiger partial charge in [-0.1, -0.05) is 12.1 Å². The Labute approximate surface area is 118 Å². The van der Waals surface area contributed by atoms with E-state index in [0.717, 1.165) is 11.1 Å². The first kappa shape index (κ1) is 15.8. The quantitative estimate of drug-likeness (QED) is 0.812. The summed E-state index contributed by atoms with van der Waals surface area (Å²) in [5.41, 5.74) is 2.02. The number of benzene rings is 1. The van der Waals surface area contributed by atoms with E-state index in [0.29, 0.717) is 18.8 Å². The lowest BCUT2D eigenvalue weighted by molar-refractivity contribution is 0.0698. The van der Waals surface area contributed by atoms with Crippen LogP contribution in [0.1, 0.15) is 28.4 Å². The zero-order chi connectivity index (χ0) is 15.3. The number of hydrogen-bond donors (Lipinski definition) is 2. The van der Waals surface area contributed by atoms with Crippen molar-refractivity contribution < 1.29 is 14.7 Å². The molecule has 0 radical (unpaired) electrons. The fraction of sp³-hybridized carbons (Fsp3) is 0.333. The number of carbonyl (C=O) groups excluding carboxylic acids is 1. The van der Waals surface area contributed by atoms with Crippen LogP contribution in [0.5, 0.6) is 0 Å². The van der Waals surface area contributed by atoms with Crippen molar-refractivity contribution in [2.75, 3.05) is 18.4 Å². The highest BCUT2D eigenvalue weighted by atomic mass is 16.4. The summed E-state index contributed by atoms with van der Waals surface area (Å²) in [6.45, 7) is 9.98. The molecule has 2 amide bonds. The van der Waals surface area contributed by atoms with Crippen LogP contribution in [0.25, 0.3) is 0 Å². The van der Waals surface area contributed by atoms with Crippen molar-refractivity contribution in [1.82, 2.24) is 4.90 Å². The molecule has 1 rings (SSSR count). The van der Waals surface area contributed by atoms with Crippen molar-refractivity contribution in [2.24, 2.45) is 0 Å². The Balaban J connectivity index is 3.11. The molecule has 1 aromatic carbocycles. The Morgan fingerprint density at radius 1 is 1.40 bits per heavy atom. The van der Waals surface area contributed by atoms with Gasteiger partial charge in [-0.2, -0.15) is 0 Å². The van der Waals surface area contributed by atoms with E-state index in [4.69, 9.17) is 0 Å². The van der Waals surface area contributed by atoms with Crippen LogP contribution in [-0.2, 0) is 0 Å². The molecule has 0 saturated heterocycles. The van der Waals surface area contributed by atoms with Crippen molar-refractivity contribution in [1.29, 1.82) is 0 Å². The molecule has 2 N–H and O–H groups in total. The molecule has 0 heterocycles. The molecule has 0 fully saturated rings. The van der Waals surface area contributed by atoms with Gasteiger partial charge in [-0.05, 0) is 38.0 Å². The largest absolute Gasteiger partial charge is 0.478 e. The van der Waals surface area contributed by atoms with E-state index >= 15 is 0 Å². The van der Waals surface area contributed by atoms with E-state index in [1.807, 2.05) is 19.9 Å². The Bertz CT molecular complexity index is 538. The minimum absolute atomic E-state index is 0.102. The van der Waals surface area contributed by atoms with Crippen LogP contribution in [0.3, 0.4) is 0 Å². The second-order valence-electron chi connectivity index (χ2n) is 4.57. The number of anilines is 1. The van der Waals surface area contributed by atoms with Crippen LogP contribution in [0.15, 0.2) is 24.8 Å². The number of aryl methyl sites for hydroxylation is 2. The highest BCUT2D eigenvalue weighted by molar-refractivity contribution is 6.01. The molecule has 0 spiro atoms. The molecule has 1 aromatic rings. The normalized spacial score (nSPS) is 9.95. The number of amides is 2. The molecule has 0 saturated carbocycles. The number of likely N-dealkylation sites (N-methyl/N-ethyl adjacent to an activating group) is 1. The van der Waals surface area contributed by atoms with Gasteiger partial charge in [0, 0.05) is 13.1 Å². The molecule has 0 unspecified atom stereocenters. The van der Waals surface area contributed by atoms with Gasteiger partial charge in [-0.25, -0.2) is 9.59 Å². The molecular formula is C15H20N2O3. The third kappa shape index (κ3) is 3.60. The van der Waals surface area contributed by atoms with Crippen LogP contribution >= 0.6 is 0 Å². The third-order valence-electron chi connectivity index (χ3n) is 2.96. The van der Waals surface area contributed by atoms with E-state index in [1.54, 1.807) is 19.1 Å². The summed E-state index contributed by atoms with van der Waals surface area (Å²) in [7, 11) is 0. The van der Waals surface area contributed by atoms with Crippen LogP contribution in [0, 0.1) is 13.8 Å². The van der Waals surface area contributed by atoms with Gasteiger partial charge >= 0.3 is 12.0 Å². The Kier molecular flexibility index (Phi) is 5.32. The van der Waals surface area contributed by atoms with Crippen molar-refractivity contribution in [3.05, 3.63) is 41.5 Å². The molecular weight excluding hydrogens is 256 g/mol. The molecule has 0 aliphatic carbocycles. The SMILES string of the molecule is C=CCN(CC)C(=O)Nc1c(C)cc(C)cc1C(=O)O. The molecule has 0 aliphatic heterocycles. The maximum Gasteiger partial charge on any atom is 0.337 e. The minimum Gasteiger partial charge on any atom is -0.478 e. The van der Waals surface area contributed by atoms with Gasteiger partial charge in [-0.3, -0.25) is 0 Å². The van der Waals surface area contributed by atoms with Gasteiger partial charge in [0.05, 0.1) is 11.3 Å². The fourth-order valence-electron chi connectivity index (χ4n) is 2.00. The zero-order valence-electron chi connectivity index (χ0n) is 12.1. The standard InChI is InChI=1S/C15H20N2O3/c1-5-7-17(6-2)15(20)16-13-11(4)8-10(3)9-12(13)14(18)19/h5,8-9H,1,6-7H2,2-4H3,(H,16,20)(H,18,19). The molecule has 0 bridgehead atoms. The third-order valence-corrected chi connectivity index (χ3v) is 2.96. The second kappa shape index (κ2) is 6.75. The van der Waals surface area contributed by atoms with Crippen LogP contribution < -0.4 is 5.32 Å². The van der Waals surface area contributed by atoms with Crippen molar-refractivity contribution in [3.63, 3.8) is 0 Å². The number of hydrogen-bond acceptors (Lipinski definition) is 2. The Hall–Kier alpha value is -2.30. The van der Waals surface area contributed by atoms with Crippen LogP contribution in [-0.4, -0.2) is 35.1 Å². The minimum atomic E-state index is -1.06. The highest BCUT2D eigenvalue weighted by Crippen LogP contribution is 2.23. The Morgan fingerprint density at radius 2 is 2.05 bits per heavy atom. The van der Waals surface area contributed by atoms with Gasteiger partial charge in [-0.15, -0.1) is 6.58 Å². The van der Waals surface area contributed by atoms with Crippen LogP contribution in [0.4, 0.5) is 10.5 Å². The van der Waals surface area contributed by atoms with Gasteiger partial charge < -0.3 is 15.3 Å². The van der Waals surface area contributed by atoms with Crippen molar-refractivity contribution in [3.8, 4) is 0 Å². The first-order valence-electron chi connectivity index (χ1n) is 6.42. The van der Waals surface area contributed by atoms with E-state index in [-0.39, 0.29) is 11.6 Å². The molecule has 108 valence electrons. The number of carboxylic acids is 1. The summed E-state index contributed by atoms with van der Waals surface area (Å²) in [5.74, 6) is -1.06. The number of carbonyl (C=O) groups is 2. The van der Waals surface area contributed by atoms with Crippen molar-refractivity contribution in [2.45, 2.75) is 20.8 Å². The molecule has 20 heavy (non-hydrogen) atoms. The number of aromatic carboxylic acids is 1. The lowest BCUT2D eigenvalue weighted by Gasteiger charge is -2.21. The van der Waals surface area contributed by atoms with Gasteiger partial charge in [0.25, 0.3) is 0 Å². The summed E-state index contributed by atoms with van der Waals surface area (Å²) in [6.07, 6.45) is 1.63. The van der Waals surface area contributed by atoms with Gasteiger partial charge in [0.2, 0.25) is 0 Å². The lowest BCUT2D eigenvalue weighted by atomic mass is 10.0. The maximum atomic E-state index is 12.1. The zero-order valence-corrected chi connectivity index (χ0v) is 12.1. The number of nitrogens with zero attached hydrogens (tertiary/aromatic N) is 1. The monoisotopic (exact) mass is 276 g/mol. The first-order valence-corrected chi connectivity index (χ1v) is 6.42. The lowest BCUT2D eigenvalue weighted by Crippen LogP contribution is -2.35. The Morgan fingerprint density at radius 3 is 2.55 bits per heavy atom. The first-order chi connectivity index (χ1) is 9.40. The van der Waals surface area contributed by atoms with Crippen molar-refractivity contribution >= 4 is 17.7 Å². The van der Waals surface area contributed by atoms with E-state index in [9.17, 15) is 14.7 Å². The summed E-state index contributed by atoms with van der Waals surface area (Å²) in [6, 6.07) is 3.06. The molecule has 5 heteroatoms. The molecule has 0 aromatic heterocycles. The smallest absolute Gasteiger partial charge is 0.337 e. The van der Waals surface area contributed by atoms with Crippen LogP contribution in [0.2, 0.25) is 0 Å². The number of nitrogens with one attached hydrogen (secondary N) is 1. The predicted molar refractivity (Wildman–Crippen MR) is 79.3 cm³/mol. The van der Waals surface area contributed by atoms with Gasteiger partial charge in [0.1, 0.15) is 0 Å². The summed E-state index contributed by atoms with van der Waals surface area (Å²) < 4.78 is 0. The summed E-state index contributed by atoms with van der Waals surface area (Å²) in [4.78, 5) is 25.0. The highest BCUT2D eigenvalue weighted by Gasteiger charge is 2.18. The van der Waals surface area contributed by atoms with E-state index in [2.05, 4.69) is 11.9 Å². The van der Waals surface area contributed by atoms with E-state index in [1.165, 1.54) is 4.90 Å². The summed E-state index contributed by atoms with van der Waals surface area (Å²) >= 11 is 0. The second-order valence-corrected chi connectivity index (χ2v) is 4.57. The van der Waals surface area contributed by atoms with E-state index < -0.39 is 5.97 Å². The average molecular weight is 276 g/mol. The molecule has 0 aliphatic rings. The average Bonchev–Trinajstić information content (AvgIpc) is 2.38. The summed E-state index contributed by atoms with van der Waals surface area (Å²) in [5, 5.41) is 11.9. The molecule has 0 atom stereocenters. The number of urea groups is 1. The number of rotatable bonds is 5. The molecule has 5 nitrogen and oxygen atoms in total.